The number of allylic oxidation sites excluding steroid dienone is 1. The van der Waals surface area contributed by atoms with Gasteiger partial charge in [0.05, 0.1) is 0 Å². The molecule has 0 radical (unpaired) electrons. The molecule has 1 atom stereocenters. The lowest BCUT2D eigenvalue weighted by atomic mass is 10.2. The van der Waals surface area contributed by atoms with Crippen LogP contribution in [-0.2, 0) is 0 Å². The Morgan fingerprint density at radius 3 is 3.00 bits per heavy atom. The Bertz CT molecular complexity index is 277. The van der Waals surface area contributed by atoms with Gasteiger partial charge >= 0.3 is 0 Å². The largest absolute Gasteiger partial charge is 0.382 e. The first kappa shape index (κ1) is 8.35. The van der Waals surface area contributed by atoms with Gasteiger partial charge < -0.3 is 5.11 Å². The molecule has 1 nitrogen and oxygen atoms in total. The van der Waals surface area contributed by atoms with Crippen LogP contribution in [0.25, 0.3) is 0 Å². The molecule has 12 heavy (non-hydrogen) atoms. The summed E-state index contributed by atoms with van der Waals surface area (Å²) in [5.74, 6) is 1.12. The molecule has 0 aliphatic carbocycles. The minimum Gasteiger partial charge on any atom is -0.382 e. The summed E-state index contributed by atoms with van der Waals surface area (Å²) < 4.78 is 0. The van der Waals surface area contributed by atoms with Crippen molar-refractivity contribution in [1.29, 1.82) is 0 Å². The highest BCUT2D eigenvalue weighted by Gasteiger charge is 2.17. The third kappa shape index (κ3) is 1.58. The molecule has 1 aromatic heterocycles. The molecule has 1 unspecified atom stereocenters. The first-order valence-corrected chi connectivity index (χ1v) is 5.79. The minimum absolute atomic E-state index is 0.363. The first-order valence-electron chi connectivity index (χ1n) is 3.92. The van der Waals surface area contributed by atoms with Crippen LogP contribution < -0.4 is 0 Å². The van der Waals surface area contributed by atoms with Crippen molar-refractivity contribution >= 4 is 23.1 Å². The molecule has 64 valence electrons. The molecule has 2 rings (SSSR count). The van der Waals surface area contributed by atoms with E-state index in [0.717, 1.165) is 22.0 Å². The summed E-state index contributed by atoms with van der Waals surface area (Å²) in [5, 5.41) is 11.8. The van der Waals surface area contributed by atoms with E-state index in [1.165, 1.54) is 0 Å². The Labute approximate surface area is 80.1 Å². The standard InChI is InChI=1S/C9H10OS2/c10-9(7-3-1-5-11-7)8-4-2-6-12-8/h1,3-5,9-10H,2,6H2. The van der Waals surface area contributed by atoms with Crippen molar-refractivity contribution in [3.8, 4) is 0 Å². The van der Waals surface area contributed by atoms with Gasteiger partial charge in [0.2, 0.25) is 0 Å². The number of thiophene rings is 1. The van der Waals surface area contributed by atoms with Crippen LogP contribution in [0.3, 0.4) is 0 Å². The lowest BCUT2D eigenvalue weighted by Gasteiger charge is -2.07. The minimum atomic E-state index is -0.363. The number of aliphatic hydroxyl groups is 1. The van der Waals surface area contributed by atoms with E-state index in [1.807, 2.05) is 17.5 Å². The Morgan fingerprint density at radius 1 is 1.50 bits per heavy atom. The quantitative estimate of drug-likeness (QED) is 0.788. The molecule has 1 aliphatic rings. The predicted octanol–water partition coefficient (Wildman–Crippen LogP) is 2.80. The highest BCUT2D eigenvalue weighted by Crippen LogP contribution is 2.36. The van der Waals surface area contributed by atoms with Gasteiger partial charge in [0.15, 0.2) is 0 Å². The fourth-order valence-corrected chi connectivity index (χ4v) is 3.01. The second kappa shape index (κ2) is 3.64. The monoisotopic (exact) mass is 198 g/mol. The Kier molecular flexibility index (Phi) is 2.54. The smallest absolute Gasteiger partial charge is 0.119 e. The maximum Gasteiger partial charge on any atom is 0.119 e. The molecule has 0 amide bonds. The van der Waals surface area contributed by atoms with Gasteiger partial charge in [-0.15, -0.1) is 23.1 Å². The summed E-state index contributed by atoms with van der Waals surface area (Å²) in [7, 11) is 0. The molecule has 1 aliphatic heterocycles. The van der Waals surface area contributed by atoms with Crippen molar-refractivity contribution in [3.63, 3.8) is 0 Å². The van der Waals surface area contributed by atoms with Gasteiger partial charge in [-0.05, 0) is 17.9 Å². The lowest BCUT2D eigenvalue weighted by Crippen LogP contribution is -1.93. The average molecular weight is 198 g/mol. The third-order valence-corrected chi connectivity index (χ3v) is 3.90. The zero-order valence-corrected chi connectivity index (χ0v) is 8.20. The first-order chi connectivity index (χ1) is 5.88. The number of rotatable bonds is 2. The fraction of sp³-hybridized carbons (Fsp3) is 0.333. The highest BCUT2D eigenvalue weighted by molar-refractivity contribution is 8.03. The van der Waals surface area contributed by atoms with Crippen LogP contribution in [-0.4, -0.2) is 10.9 Å². The maximum atomic E-state index is 9.83. The summed E-state index contributed by atoms with van der Waals surface area (Å²) in [5.41, 5.74) is 0. The lowest BCUT2D eigenvalue weighted by molar-refractivity contribution is 0.229. The normalized spacial score (nSPS) is 19.2. The van der Waals surface area contributed by atoms with Gasteiger partial charge in [-0.1, -0.05) is 12.1 Å². The fourth-order valence-electron chi connectivity index (χ4n) is 1.21. The average Bonchev–Trinajstić information content (AvgIpc) is 2.77. The van der Waals surface area contributed by atoms with Crippen LogP contribution in [0.15, 0.2) is 28.5 Å². The Hall–Kier alpha value is -0.250. The van der Waals surface area contributed by atoms with Crippen molar-refractivity contribution in [2.75, 3.05) is 5.75 Å². The molecule has 0 fully saturated rings. The van der Waals surface area contributed by atoms with Gasteiger partial charge in [-0.25, -0.2) is 0 Å². The third-order valence-electron chi connectivity index (χ3n) is 1.81. The summed E-state index contributed by atoms with van der Waals surface area (Å²) in [6.07, 6.45) is 2.87. The summed E-state index contributed by atoms with van der Waals surface area (Å²) in [4.78, 5) is 2.17. The van der Waals surface area contributed by atoms with Crippen LogP contribution in [0.5, 0.6) is 0 Å². The molecule has 0 saturated heterocycles. The van der Waals surface area contributed by atoms with Gasteiger partial charge in [0.1, 0.15) is 6.10 Å². The van der Waals surface area contributed by atoms with Crippen molar-refractivity contribution in [1.82, 2.24) is 0 Å². The number of thioether (sulfide) groups is 1. The Balaban J connectivity index is 2.14. The summed E-state index contributed by atoms with van der Waals surface area (Å²) in [6, 6.07) is 3.96. The van der Waals surface area contributed by atoms with Crippen molar-refractivity contribution in [2.24, 2.45) is 0 Å². The Morgan fingerprint density at radius 2 is 2.42 bits per heavy atom. The number of hydrogen-bond donors (Lipinski definition) is 1. The van der Waals surface area contributed by atoms with E-state index in [9.17, 15) is 5.11 Å². The zero-order chi connectivity index (χ0) is 8.39. The molecule has 0 saturated carbocycles. The van der Waals surface area contributed by atoms with E-state index in [4.69, 9.17) is 0 Å². The summed E-state index contributed by atoms with van der Waals surface area (Å²) >= 11 is 3.38. The molecule has 0 spiro atoms. The second-order valence-corrected chi connectivity index (χ2v) is 4.81. The molecule has 0 aromatic carbocycles. The molecule has 3 heteroatoms. The van der Waals surface area contributed by atoms with E-state index in [0.29, 0.717) is 0 Å². The molecule has 1 N–H and O–H groups in total. The zero-order valence-electron chi connectivity index (χ0n) is 6.56. The van der Waals surface area contributed by atoms with Crippen molar-refractivity contribution in [2.45, 2.75) is 12.5 Å². The van der Waals surface area contributed by atoms with Crippen LogP contribution >= 0.6 is 23.1 Å². The van der Waals surface area contributed by atoms with Gasteiger partial charge in [0.25, 0.3) is 0 Å². The van der Waals surface area contributed by atoms with Crippen molar-refractivity contribution in [3.05, 3.63) is 33.4 Å². The van der Waals surface area contributed by atoms with E-state index >= 15 is 0 Å². The SMILES string of the molecule is OC(C1=CCCS1)c1cccs1. The van der Waals surface area contributed by atoms with Crippen LogP contribution in [0, 0.1) is 0 Å². The van der Waals surface area contributed by atoms with E-state index < -0.39 is 0 Å². The molecular formula is C9H10OS2. The van der Waals surface area contributed by atoms with Crippen LogP contribution in [0.1, 0.15) is 17.4 Å². The van der Waals surface area contributed by atoms with E-state index in [2.05, 4.69) is 6.08 Å². The van der Waals surface area contributed by atoms with E-state index in [1.54, 1.807) is 23.1 Å². The van der Waals surface area contributed by atoms with Crippen LogP contribution in [0.4, 0.5) is 0 Å². The van der Waals surface area contributed by atoms with Gasteiger partial charge in [-0.3, -0.25) is 0 Å². The maximum absolute atomic E-state index is 9.83. The van der Waals surface area contributed by atoms with Crippen molar-refractivity contribution < 1.29 is 5.11 Å². The van der Waals surface area contributed by atoms with Gasteiger partial charge in [0, 0.05) is 15.5 Å². The second-order valence-electron chi connectivity index (χ2n) is 2.66. The molecule has 2 heterocycles. The number of aliphatic hydroxyl groups excluding tert-OH is 1. The molecular weight excluding hydrogens is 188 g/mol. The van der Waals surface area contributed by atoms with E-state index in [-0.39, 0.29) is 6.10 Å². The summed E-state index contributed by atoms with van der Waals surface area (Å²) in [6.45, 7) is 0. The molecule has 1 aromatic rings. The molecule has 0 bridgehead atoms. The van der Waals surface area contributed by atoms with Crippen LogP contribution in [0.2, 0.25) is 0 Å². The topological polar surface area (TPSA) is 20.2 Å². The predicted molar refractivity (Wildman–Crippen MR) is 54.4 cm³/mol. The number of hydrogen-bond acceptors (Lipinski definition) is 3. The highest BCUT2D eigenvalue weighted by atomic mass is 32.2. The van der Waals surface area contributed by atoms with Gasteiger partial charge in [-0.2, -0.15) is 0 Å².